The van der Waals surface area contributed by atoms with E-state index in [1.54, 1.807) is 18.2 Å². The number of nitrogens with one attached hydrogen (secondary N) is 2. The summed E-state index contributed by atoms with van der Waals surface area (Å²) in [4.78, 5) is 44.2. The number of imide groups is 1. The van der Waals surface area contributed by atoms with Crippen molar-refractivity contribution in [2.24, 2.45) is 0 Å². The Labute approximate surface area is 173 Å². The molecule has 30 heavy (non-hydrogen) atoms. The summed E-state index contributed by atoms with van der Waals surface area (Å²) in [6, 6.07) is 12.4. The third-order valence-corrected chi connectivity index (χ3v) is 5.79. The quantitative estimate of drug-likeness (QED) is 0.660. The van der Waals surface area contributed by atoms with Gasteiger partial charge in [-0.1, -0.05) is 25.1 Å². The number of amides is 3. The van der Waals surface area contributed by atoms with Crippen LogP contribution in [0.2, 0.25) is 0 Å². The van der Waals surface area contributed by atoms with Gasteiger partial charge in [0, 0.05) is 41.8 Å². The summed E-state index contributed by atoms with van der Waals surface area (Å²) in [5, 5.41) is 5.99. The van der Waals surface area contributed by atoms with Crippen molar-refractivity contribution in [2.75, 3.05) is 18.4 Å². The SMILES string of the molecule is CCN1CCc2nc3ccccc3c(C(=O)Nc3ccc4c(c3)C(=O)NC4=O)c2C1. The van der Waals surface area contributed by atoms with Gasteiger partial charge in [0.2, 0.25) is 0 Å². The topological polar surface area (TPSA) is 91.4 Å². The predicted octanol–water partition coefficient (Wildman–Crippen LogP) is 2.75. The number of aromatic nitrogens is 1. The van der Waals surface area contributed by atoms with Crippen LogP contribution in [0.15, 0.2) is 42.5 Å². The fraction of sp³-hybridized carbons (Fsp3) is 0.217. The van der Waals surface area contributed by atoms with Gasteiger partial charge in [-0.05, 0) is 30.8 Å². The second-order valence-corrected chi connectivity index (χ2v) is 7.55. The molecule has 3 heterocycles. The lowest BCUT2D eigenvalue weighted by molar-refractivity contribution is 0.0878. The number of hydrogen-bond donors (Lipinski definition) is 2. The summed E-state index contributed by atoms with van der Waals surface area (Å²) in [7, 11) is 0. The van der Waals surface area contributed by atoms with E-state index in [0.29, 0.717) is 23.4 Å². The molecule has 5 rings (SSSR count). The summed E-state index contributed by atoms with van der Waals surface area (Å²) in [5.41, 5.74) is 4.40. The van der Waals surface area contributed by atoms with E-state index in [9.17, 15) is 14.4 Å². The molecule has 7 nitrogen and oxygen atoms in total. The molecule has 0 saturated heterocycles. The van der Waals surface area contributed by atoms with Crippen LogP contribution in [0.1, 0.15) is 49.3 Å². The van der Waals surface area contributed by atoms with Crippen molar-refractivity contribution in [3.8, 4) is 0 Å². The molecule has 0 aliphatic carbocycles. The third kappa shape index (κ3) is 2.95. The zero-order chi connectivity index (χ0) is 20.8. The number of nitrogens with zero attached hydrogens (tertiary/aromatic N) is 2. The molecular formula is C23H20N4O3. The van der Waals surface area contributed by atoms with E-state index >= 15 is 0 Å². The highest BCUT2D eigenvalue weighted by Gasteiger charge is 2.28. The zero-order valence-corrected chi connectivity index (χ0v) is 16.5. The molecule has 3 amide bonds. The van der Waals surface area contributed by atoms with E-state index < -0.39 is 11.8 Å². The normalized spacial score (nSPS) is 15.6. The average Bonchev–Trinajstić information content (AvgIpc) is 3.04. The number of hydrogen-bond acceptors (Lipinski definition) is 5. The van der Waals surface area contributed by atoms with Crippen molar-refractivity contribution in [1.29, 1.82) is 0 Å². The van der Waals surface area contributed by atoms with Gasteiger partial charge in [0.1, 0.15) is 0 Å². The summed E-state index contributed by atoms with van der Waals surface area (Å²) < 4.78 is 0. The highest BCUT2D eigenvalue weighted by Crippen LogP contribution is 2.29. The molecule has 2 aliphatic heterocycles. The van der Waals surface area contributed by atoms with Crippen LogP contribution in [0.25, 0.3) is 10.9 Å². The molecule has 2 aromatic carbocycles. The minimum Gasteiger partial charge on any atom is -0.322 e. The largest absolute Gasteiger partial charge is 0.322 e. The van der Waals surface area contributed by atoms with Gasteiger partial charge in [0.15, 0.2) is 0 Å². The van der Waals surface area contributed by atoms with Crippen molar-refractivity contribution in [1.82, 2.24) is 15.2 Å². The first kappa shape index (κ1) is 18.4. The van der Waals surface area contributed by atoms with Crippen molar-refractivity contribution >= 4 is 34.3 Å². The predicted molar refractivity (Wildman–Crippen MR) is 113 cm³/mol. The van der Waals surface area contributed by atoms with Gasteiger partial charge in [-0.25, -0.2) is 0 Å². The molecular weight excluding hydrogens is 380 g/mol. The number of benzene rings is 2. The molecule has 1 aromatic heterocycles. The van der Waals surface area contributed by atoms with Crippen LogP contribution < -0.4 is 10.6 Å². The maximum Gasteiger partial charge on any atom is 0.259 e. The van der Waals surface area contributed by atoms with Crippen LogP contribution >= 0.6 is 0 Å². The van der Waals surface area contributed by atoms with E-state index in [2.05, 4.69) is 22.5 Å². The van der Waals surface area contributed by atoms with E-state index in [-0.39, 0.29) is 11.5 Å². The van der Waals surface area contributed by atoms with Gasteiger partial charge in [-0.15, -0.1) is 0 Å². The minimum atomic E-state index is -0.448. The first-order valence-corrected chi connectivity index (χ1v) is 9.99. The van der Waals surface area contributed by atoms with Crippen LogP contribution in [-0.2, 0) is 13.0 Å². The molecule has 0 unspecified atom stereocenters. The molecule has 150 valence electrons. The van der Waals surface area contributed by atoms with Gasteiger partial charge in [0.25, 0.3) is 17.7 Å². The summed E-state index contributed by atoms with van der Waals surface area (Å²) in [5.74, 6) is -1.11. The number of rotatable bonds is 3. The first-order chi connectivity index (χ1) is 14.5. The molecule has 0 spiro atoms. The Hall–Kier alpha value is -3.58. The molecule has 0 fully saturated rings. The Kier molecular flexibility index (Phi) is 4.33. The van der Waals surface area contributed by atoms with Crippen molar-refractivity contribution in [3.05, 3.63) is 70.4 Å². The monoisotopic (exact) mass is 400 g/mol. The Morgan fingerprint density at radius 1 is 1.13 bits per heavy atom. The van der Waals surface area contributed by atoms with Gasteiger partial charge < -0.3 is 5.32 Å². The molecule has 0 radical (unpaired) electrons. The molecule has 0 saturated carbocycles. The Bertz CT molecular complexity index is 1230. The summed E-state index contributed by atoms with van der Waals surface area (Å²) >= 11 is 0. The van der Waals surface area contributed by atoms with Gasteiger partial charge in [-0.3, -0.25) is 29.6 Å². The second-order valence-electron chi connectivity index (χ2n) is 7.55. The van der Waals surface area contributed by atoms with E-state index in [1.807, 2.05) is 24.3 Å². The number of para-hydroxylation sites is 1. The molecule has 7 heteroatoms. The van der Waals surface area contributed by atoms with E-state index in [0.717, 1.165) is 41.7 Å². The summed E-state index contributed by atoms with van der Waals surface area (Å²) in [6.07, 6.45) is 0.801. The van der Waals surface area contributed by atoms with Crippen molar-refractivity contribution in [3.63, 3.8) is 0 Å². The van der Waals surface area contributed by atoms with Crippen molar-refractivity contribution < 1.29 is 14.4 Å². The smallest absolute Gasteiger partial charge is 0.259 e. The van der Waals surface area contributed by atoms with Crippen LogP contribution in [-0.4, -0.2) is 40.7 Å². The van der Waals surface area contributed by atoms with Crippen LogP contribution in [0, 0.1) is 0 Å². The number of likely N-dealkylation sites (N-methyl/N-ethyl adjacent to an activating group) is 1. The highest BCUT2D eigenvalue weighted by molar-refractivity contribution is 6.22. The van der Waals surface area contributed by atoms with Gasteiger partial charge in [0.05, 0.1) is 22.2 Å². The van der Waals surface area contributed by atoms with Crippen LogP contribution in [0.3, 0.4) is 0 Å². The summed E-state index contributed by atoms with van der Waals surface area (Å²) in [6.45, 7) is 4.61. The highest BCUT2D eigenvalue weighted by atomic mass is 16.2. The number of carbonyl (C=O) groups excluding carboxylic acids is 3. The zero-order valence-electron chi connectivity index (χ0n) is 16.5. The second kappa shape index (κ2) is 7.03. The van der Waals surface area contributed by atoms with E-state index in [4.69, 9.17) is 4.98 Å². The standard InChI is InChI=1S/C23H20N4O3/c1-2-27-10-9-19-17(12-27)20(15-5-3-4-6-18(15)25-19)23(30)24-13-7-8-14-16(11-13)22(29)26-21(14)28/h3-8,11H,2,9-10,12H2,1H3,(H,24,30)(H,26,28,29). The third-order valence-electron chi connectivity index (χ3n) is 5.79. The Morgan fingerprint density at radius 2 is 1.93 bits per heavy atom. The maximum atomic E-state index is 13.4. The number of fused-ring (bicyclic) bond motifs is 3. The lowest BCUT2D eigenvalue weighted by Crippen LogP contribution is -2.33. The number of carbonyl (C=O) groups is 3. The Morgan fingerprint density at radius 3 is 2.77 bits per heavy atom. The van der Waals surface area contributed by atoms with Crippen LogP contribution in [0.5, 0.6) is 0 Å². The fourth-order valence-corrected chi connectivity index (χ4v) is 4.21. The van der Waals surface area contributed by atoms with E-state index in [1.165, 1.54) is 0 Å². The van der Waals surface area contributed by atoms with Gasteiger partial charge in [-0.2, -0.15) is 0 Å². The molecule has 2 N–H and O–H groups in total. The van der Waals surface area contributed by atoms with Crippen LogP contribution in [0.4, 0.5) is 5.69 Å². The fourth-order valence-electron chi connectivity index (χ4n) is 4.21. The number of anilines is 1. The Balaban J connectivity index is 1.58. The number of pyridine rings is 1. The maximum absolute atomic E-state index is 13.4. The first-order valence-electron chi connectivity index (χ1n) is 9.99. The molecule has 3 aromatic rings. The average molecular weight is 400 g/mol. The lowest BCUT2D eigenvalue weighted by atomic mass is 9.95. The lowest BCUT2D eigenvalue weighted by Gasteiger charge is -2.29. The minimum absolute atomic E-state index is 0.243. The molecule has 0 bridgehead atoms. The molecule has 0 atom stereocenters. The van der Waals surface area contributed by atoms with Crippen molar-refractivity contribution in [2.45, 2.75) is 19.9 Å². The van der Waals surface area contributed by atoms with Gasteiger partial charge >= 0.3 is 0 Å². The molecule has 2 aliphatic rings.